The highest BCUT2D eigenvalue weighted by Gasteiger charge is 2.38. The second-order valence-corrected chi connectivity index (χ2v) is 7.55. The molecule has 0 aliphatic heterocycles. The van der Waals surface area contributed by atoms with E-state index in [1.807, 2.05) is 12.3 Å². The highest BCUT2D eigenvalue weighted by Crippen LogP contribution is 2.34. The van der Waals surface area contributed by atoms with Crippen LogP contribution in [0.25, 0.3) is 0 Å². The number of amides is 1. The Balaban J connectivity index is 1.73. The minimum atomic E-state index is -0.556. The molecule has 1 saturated carbocycles. The fraction of sp³-hybridized carbons (Fsp3) is 0.647. The molecule has 0 atom stereocenters. The Labute approximate surface area is 150 Å². The summed E-state index contributed by atoms with van der Waals surface area (Å²) in [4.78, 5) is 28.8. The molecule has 3 rings (SSSR count). The number of thiazole rings is 1. The topological polar surface area (TPSA) is 90.0 Å². The Kier molecular flexibility index (Phi) is 5.36. The largest absolute Gasteiger partial charge is 0.343 e. The SMILES string of the molecule is Cc1nc(C2(NC(=O)CCn3c(C)csc3=O)CCCCCC2)no1. The minimum absolute atomic E-state index is 0.0247. The molecule has 1 fully saturated rings. The molecule has 0 bridgehead atoms. The summed E-state index contributed by atoms with van der Waals surface area (Å²) in [5.74, 6) is 0.999. The Bertz CT molecular complexity index is 784. The van der Waals surface area contributed by atoms with Crippen molar-refractivity contribution in [3.05, 3.63) is 32.5 Å². The molecule has 2 aromatic heterocycles. The molecule has 25 heavy (non-hydrogen) atoms. The fourth-order valence-corrected chi connectivity index (χ4v) is 4.21. The summed E-state index contributed by atoms with van der Waals surface area (Å²) >= 11 is 1.16. The summed E-state index contributed by atoms with van der Waals surface area (Å²) in [6, 6.07) is 0. The van der Waals surface area contributed by atoms with E-state index in [-0.39, 0.29) is 17.2 Å². The molecule has 0 spiro atoms. The van der Waals surface area contributed by atoms with Crippen molar-refractivity contribution in [1.82, 2.24) is 20.0 Å². The van der Waals surface area contributed by atoms with Crippen LogP contribution in [0.1, 0.15) is 62.4 Å². The highest BCUT2D eigenvalue weighted by atomic mass is 32.1. The van der Waals surface area contributed by atoms with Gasteiger partial charge in [0, 0.05) is 31.0 Å². The predicted octanol–water partition coefficient (Wildman–Crippen LogP) is 2.67. The van der Waals surface area contributed by atoms with Crippen LogP contribution < -0.4 is 10.2 Å². The maximum atomic E-state index is 12.6. The number of nitrogens with zero attached hydrogens (tertiary/aromatic N) is 3. The van der Waals surface area contributed by atoms with Crippen LogP contribution in [0.5, 0.6) is 0 Å². The van der Waals surface area contributed by atoms with E-state index >= 15 is 0 Å². The van der Waals surface area contributed by atoms with Gasteiger partial charge in [-0.3, -0.25) is 9.59 Å². The number of aromatic nitrogens is 3. The van der Waals surface area contributed by atoms with Crippen molar-refractivity contribution in [2.24, 2.45) is 0 Å². The summed E-state index contributed by atoms with van der Waals surface area (Å²) in [6.45, 7) is 4.03. The van der Waals surface area contributed by atoms with Gasteiger partial charge in [0.25, 0.3) is 0 Å². The first-order valence-electron chi connectivity index (χ1n) is 8.77. The second kappa shape index (κ2) is 7.51. The van der Waals surface area contributed by atoms with Gasteiger partial charge in [0.15, 0.2) is 5.82 Å². The van der Waals surface area contributed by atoms with Gasteiger partial charge in [-0.2, -0.15) is 4.98 Å². The summed E-state index contributed by atoms with van der Waals surface area (Å²) in [7, 11) is 0. The van der Waals surface area contributed by atoms with Gasteiger partial charge in [-0.25, -0.2) is 0 Å². The van der Waals surface area contributed by atoms with Crippen LogP contribution >= 0.6 is 11.3 Å². The average Bonchev–Trinajstić information content (AvgIpc) is 3.06. The third-order valence-electron chi connectivity index (χ3n) is 4.83. The van der Waals surface area contributed by atoms with E-state index in [0.29, 0.717) is 18.3 Å². The lowest BCUT2D eigenvalue weighted by Crippen LogP contribution is -2.46. The second-order valence-electron chi connectivity index (χ2n) is 6.73. The standard InChI is InChI=1S/C17H24N4O3S/c1-12-11-25-16(23)21(12)10-7-14(22)19-17(8-5-3-4-6-9-17)15-18-13(2)24-20-15/h11H,3-10H2,1-2H3,(H,19,22). The van der Waals surface area contributed by atoms with Crippen molar-refractivity contribution < 1.29 is 9.32 Å². The van der Waals surface area contributed by atoms with E-state index in [9.17, 15) is 9.59 Å². The first-order valence-corrected chi connectivity index (χ1v) is 9.65. The fourth-order valence-electron chi connectivity index (χ4n) is 3.45. The first-order chi connectivity index (χ1) is 12.0. The van der Waals surface area contributed by atoms with E-state index in [0.717, 1.165) is 55.6 Å². The van der Waals surface area contributed by atoms with Crippen LogP contribution in [0.15, 0.2) is 14.7 Å². The maximum absolute atomic E-state index is 12.6. The molecule has 2 heterocycles. The molecule has 1 aliphatic rings. The Morgan fingerprint density at radius 1 is 1.32 bits per heavy atom. The van der Waals surface area contributed by atoms with E-state index in [4.69, 9.17) is 4.52 Å². The first kappa shape index (κ1) is 17.8. The molecular weight excluding hydrogens is 340 g/mol. The molecule has 0 unspecified atom stereocenters. The van der Waals surface area contributed by atoms with E-state index in [1.165, 1.54) is 0 Å². The third kappa shape index (κ3) is 4.00. The van der Waals surface area contributed by atoms with Crippen molar-refractivity contribution >= 4 is 17.2 Å². The zero-order valence-corrected chi connectivity index (χ0v) is 15.5. The summed E-state index contributed by atoms with van der Waals surface area (Å²) in [5, 5.41) is 9.07. The highest BCUT2D eigenvalue weighted by molar-refractivity contribution is 7.07. The van der Waals surface area contributed by atoms with Crippen LogP contribution in [0.2, 0.25) is 0 Å². The van der Waals surface area contributed by atoms with E-state index < -0.39 is 5.54 Å². The van der Waals surface area contributed by atoms with Gasteiger partial charge >= 0.3 is 4.87 Å². The van der Waals surface area contributed by atoms with Gasteiger partial charge < -0.3 is 14.4 Å². The van der Waals surface area contributed by atoms with Crippen molar-refractivity contribution in [3.8, 4) is 0 Å². The van der Waals surface area contributed by atoms with Crippen molar-refractivity contribution in [2.45, 2.75) is 70.9 Å². The summed E-state index contributed by atoms with van der Waals surface area (Å²) < 4.78 is 6.80. The Morgan fingerprint density at radius 3 is 2.60 bits per heavy atom. The molecule has 0 aromatic carbocycles. The lowest BCUT2D eigenvalue weighted by molar-refractivity contribution is -0.123. The van der Waals surface area contributed by atoms with Crippen LogP contribution in [0.4, 0.5) is 0 Å². The maximum Gasteiger partial charge on any atom is 0.307 e. The molecular formula is C17H24N4O3S. The lowest BCUT2D eigenvalue weighted by Gasteiger charge is -2.30. The zero-order valence-electron chi connectivity index (χ0n) is 14.7. The molecule has 7 nitrogen and oxygen atoms in total. The van der Waals surface area contributed by atoms with Crippen LogP contribution in [-0.4, -0.2) is 20.6 Å². The van der Waals surface area contributed by atoms with E-state index in [2.05, 4.69) is 15.5 Å². The minimum Gasteiger partial charge on any atom is -0.343 e. The number of carbonyl (C=O) groups excluding carboxylic acids is 1. The van der Waals surface area contributed by atoms with Gasteiger partial charge in [0.2, 0.25) is 11.8 Å². The normalized spacial score (nSPS) is 17.2. The average molecular weight is 364 g/mol. The number of aryl methyl sites for hydroxylation is 2. The molecule has 1 aliphatic carbocycles. The monoisotopic (exact) mass is 364 g/mol. The van der Waals surface area contributed by atoms with Gasteiger partial charge in [0.1, 0.15) is 5.54 Å². The van der Waals surface area contributed by atoms with Crippen molar-refractivity contribution in [1.29, 1.82) is 0 Å². The quantitative estimate of drug-likeness (QED) is 0.824. The smallest absolute Gasteiger partial charge is 0.307 e. The van der Waals surface area contributed by atoms with Crippen LogP contribution in [0, 0.1) is 13.8 Å². The molecule has 1 amide bonds. The Morgan fingerprint density at radius 2 is 2.04 bits per heavy atom. The lowest BCUT2D eigenvalue weighted by atomic mass is 9.89. The molecule has 2 aromatic rings. The number of nitrogens with one attached hydrogen (secondary N) is 1. The molecule has 8 heteroatoms. The predicted molar refractivity (Wildman–Crippen MR) is 94.5 cm³/mol. The van der Waals surface area contributed by atoms with Gasteiger partial charge in [-0.1, -0.05) is 42.2 Å². The summed E-state index contributed by atoms with van der Waals surface area (Å²) in [5.41, 5.74) is 0.334. The molecule has 136 valence electrons. The van der Waals surface area contributed by atoms with Gasteiger partial charge in [0.05, 0.1) is 0 Å². The van der Waals surface area contributed by atoms with Crippen molar-refractivity contribution in [2.75, 3.05) is 0 Å². The van der Waals surface area contributed by atoms with E-state index in [1.54, 1.807) is 11.5 Å². The third-order valence-corrected chi connectivity index (χ3v) is 5.71. The number of rotatable bonds is 5. The molecule has 0 saturated heterocycles. The van der Waals surface area contributed by atoms with Gasteiger partial charge in [-0.05, 0) is 19.8 Å². The summed E-state index contributed by atoms with van der Waals surface area (Å²) in [6.07, 6.45) is 6.24. The van der Waals surface area contributed by atoms with Crippen molar-refractivity contribution in [3.63, 3.8) is 0 Å². The van der Waals surface area contributed by atoms with Crippen LogP contribution in [-0.2, 0) is 16.9 Å². The number of carbonyl (C=O) groups is 1. The molecule has 1 N–H and O–H groups in total. The molecule has 0 radical (unpaired) electrons. The zero-order chi connectivity index (χ0) is 17.9. The number of hydrogen-bond acceptors (Lipinski definition) is 6. The number of hydrogen-bond donors (Lipinski definition) is 1. The Hall–Kier alpha value is -1.96. The van der Waals surface area contributed by atoms with Gasteiger partial charge in [-0.15, -0.1) is 0 Å². The van der Waals surface area contributed by atoms with Crippen LogP contribution in [0.3, 0.4) is 0 Å².